The molecule has 5 heteroatoms. The molecule has 0 aliphatic rings. The molecule has 0 aliphatic carbocycles. The van der Waals surface area contributed by atoms with Crippen molar-refractivity contribution in [3.05, 3.63) is 29.3 Å². The number of anilines is 1. The molecule has 76 valence electrons. The third-order valence-electron chi connectivity index (χ3n) is 1.74. The fourth-order valence-corrected chi connectivity index (χ4v) is 1.21. The number of hydrogen-bond donors (Lipinski definition) is 3. The Morgan fingerprint density at radius 1 is 1.57 bits per heavy atom. The normalized spacial score (nSPS) is 11.9. The lowest BCUT2D eigenvalue weighted by Gasteiger charge is -2.13. The van der Waals surface area contributed by atoms with Gasteiger partial charge in [0.2, 0.25) is 0 Å². The first-order chi connectivity index (χ1) is 6.63. The zero-order valence-electron chi connectivity index (χ0n) is 7.75. The molecule has 1 rings (SSSR count). The van der Waals surface area contributed by atoms with Crippen LogP contribution >= 0.6 is 11.6 Å². The summed E-state index contributed by atoms with van der Waals surface area (Å²) in [5.74, 6) is 4.72. The van der Waals surface area contributed by atoms with Gasteiger partial charge in [-0.2, -0.15) is 0 Å². The highest BCUT2D eigenvalue weighted by Crippen LogP contribution is 2.15. The van der Waals surface area contributed by atoms with E-state index in [0.29, 0.717) is 5.02 Å². The van der Waals surface area contributed by atoms with Gasteiger partial charge in [0, 0.05) is 10.7 Å². The summed E-state index contributed by atoms with van der Waals surface area (Å²) in [7, 11) is 0. The van der Waals surface area contributed by atoms with Gasteiger partial charge in [0.25, 0.3) is 5.91 Å². The Hall–Kier alpha value is -1.26. The molecule has 4 nitrogen and oxygen atoms in total. The van der Waals surface area contributed by atoms with Gasteiger partial charge in [-0.1, -0.05) is 17.7 Å². The van der Waals surface area contributed by atoms with E-state index in [1.165, 1.54) is 0 Å². The average molecular weight is 214 g/mol. The van der Waals surface area contributed by atoms with Crippen LogP contribution in [0.3, 0.4) is 0 Å². The summed E-state index contributed by atoms with van der Waals surface area (Å²) in [6, 6.07) is 6.74. The number of nitrogens with two attached hydrogens (primary N) is 1. The van der Waals surface area contributed by atoms with Crippen molar-refractivity contribution in [2.24, 2.45) is 5.84 Å². The average Bonchev–Trinajstić information content (AvgIpc) is 2.16. The van der Waals surface area contributed by atoms with Crippen molar-refractivity contribution in [2.75, 3.05) is 5.32 Å². The molecule has 4 N–H and O–H groups in total. The molecule has 0 bridgehead atoms. The van der Waals surface area contributed by atoms with Crippen molar-refractivity contribution in [1.82, 2.24) is 5.43 Å². The van der Waals surface area contributed by atoms with Crippen LogP contribution in [0.4, 0.5) is 5.69 Å². The lowest BCUT2D eigenvalue weighted by molar-refractivity contribution is -0.121. The molecule has 1 atom stereocenters. The van der Waals surface area contributed by atoms with Gasteiger partial charge in [-0.15, -0.1) is 0 Å². The quantitative estimate of drug-likeness (QED) is 0.401. The lowest BCUT2D eigenvalue weighted by Crippen LogP contribution is -2.41. The van der Waals surface area contributed by atoms with Crippen LogP contribution in [0.2, 0.25) is 5.02 Å². The third-order valence-corrected chi connectivity index (χ3v) is 1.98. The monoisotopic (exact) mass is 213 g/mol. The van der Waals surface area contributed by atoms with Gasteiger partial charge in [-0.3, -0.25) is 10.2 Å². The number of carbonyl (C=O) groups is 1. The molecule has 0 spiro atoms. The minimum atomic E-state index is -0.390. The van der Waals surface area contributed by atoms with Crippen LogP contribution in [0.25, 0.3) is 0 Å². The number of halogens is 1. The summed E-state index contributed by atoms with van der Waals surface area (Å²) < 4.78 is 0. The Bertz CT molecular complexity index is 330. The minimum Gasteiger partial charge on any atom is -0.374 e. The second-order valence-electron chi connectivity index (χ2n) is 2.88. The number of hydrazine groups is 1. The maximum Gasteiger partial charge on any atom is 0.256 e. The van der Waals surface area contributed by atoms with E-state index >= 15 is 0 Å². The van der Waals surface area contributed by atoms with Gasteiger partial charge in [-0.05, 0) is 25.1 Å². The van der Waals surface area contributed by atoms with E-state index in [1.54, 1.807) is 25.1 Å². The summed E-state index contributed by atoms with van der Waals surface area (Å²) in [5, 5.41) is 3.58. The van der Waals surface area contributed by atoms with Crippen molar-refractivity contribution < 1.29 is 4.79 Å². The van der Waals surface area contributed by atoms with Crippen molar-refractivity contribution in [3.63, 3.8) is 0 Å². The SMILES string of the molecule is C[C@H](Nc1cccc(Cl)c1)C(=O)NN. The molecule has 14 heavy (non-hydrogen) atoms. The van der Waals surface area contributed by atoms with E-state index in [1.807, 2.05) is 6.07 Å². The maximum atomic E-state index is 11.1. The van der Waals surface area contributed by atoms with Crippen LogP contribution < -0.4 is 16.6 Å². The highest BCUT2D eigenvalue weighted by atomic mass is 35.5. The summed E-state index contributed by atoms with van der Waals surface area (Å²) in [5.41, 5.74) is 2.85. The van der Waals surface area contributed by atoms with E-state index in [0.717, 1.165) is 5.69 Å². The molecule has 0 aliphatic heterocycles. The molecule has 0 fully saturated rings. The molecular weight excluding hydrogens is 202 g/mol. The Kier molecular flexibility index (Phi) is 3.73. The molecule has 0 heterocycles. The van der Waals surface area contributed by atoms with E-state index in [2.05, 4.69) is 10.7 Å². The second kappa shape index (κ2) is 4.83. The van der Waals surface area contributed by atoms with Crippen molar-refractivity contribution in [3.8, 4) is 0 Å². The van der Waals surface area contributed by atoms with Crippen molar-refractivity contribution >= 4 is 23.2 Å². The Balaban J connectivity index is 2.64. The van der Waals surface area contributed by atoms with Gasteiger partial charge >= 0.3 is 0 Å². The van der Waals surface area contributed by atoms with E-state index < -0.39 is 6.04 Å². The van der Waals surface area contributed by atoms with Gasteiger partial charge in [0.1, 0.15) is 6.04 Å². The molecule has 1 aromatic rings. The topological polar surface area (TPSA) is 67.2 Å². The highest BCUT2D eigenvalue weighted by Gasteiger charge is 2.10. The second-order valence-corrected chi connectivity index (χ2v) is 3.32. The van der Waals surface area contributed by atoms with Crippen LogP contribution in [0.15, 0.2) is 24.3 Å². The molecule has 1 amide bonds. The number of hydrogen-bond acceptors (Lipinski definition) is 3. The first-order valence-corrected chi connectivity index (χ1v) is 4.54. The zero-order chi connectivity index (χ0) is 10.6. The van der Waals surface area contributed by atoms with Gasteiger partial charge in [0.15, 0.2) is 0 Å². The Labute approximate surface area is 87.4 Å². The molecule has 1 aromatic carbocycles. The summed E-state index contributed by atoms with van der Waals surface area (Å²) in [4.78, 5) is 11.1. The van der Waals surface area contributed by atoms with Gasteiger partial charge in [-0.25, -0.2) is 5.84 Å². The lowest BCUT2D eigenvalue weighted by atomic mass is 10.2. The van der Waals surface area contributed by atoms with Crippen LogP contribution in [-0.2, 0) is 4.79 Å². The Morgan fingerprint density at radius 3 is 2.86 bits per heavy atom. The van der Waals surface area contributed by atoms with Crippen LogP contribution in [0.1, 0.15) is 6.92 Å². The van der Waals surface area contributed by atoms with Crippen LogP contribution in [-0.4, -0.2) is 11.9 Å². The summed E-state index contributed by atoms with van der Waals surface area (Å²) in [6.07, 6.45) is 0. The molecule has 0 radical (unpaired) electrons. The van der Waals surface area contributed by atoms with Crippen LogP contribution in [0.5, 0.6) is 0 Å². The van der Waals surface area contributed by atoms with Crippen molar-refractivity contribution in [1.29, 1.82) is 0 Å². The number of benzene rings is 1. The van der Waals surface area contributed by atoms with E-state index in [-0.39, 0.29) is 5.91 Å². The van der Waals surface area contributed by atoms with Gasteiger partial charge in [0.05, 0.1) is 0 Å². The first kappa shape index (κ1) is 10.8. The largest absolute Gasteiger partial charge is 0.374 e. The van der Waals surface area contributed by atoms with Gasteiger partial charge < -0.3 is 5.32 Å². The first-order valence-electron chi connectivity index (χ1n) is 4.16. The third kappa shape index (κ3) is 2.90. The highest BCUT2D eigenvalue weighted by molar-refractivity contribution is 6.30. The fraction of sp³-hybridized carbons (Fsp3) is 0.222. The molecule has 0 saturated heterocycles. The standard InChI is InChI=1S/C9H12ClN3O/c1-6(9(14)13-11)12-8-4-2-3-7(10)5-8/h2-6,12H,11H2,1H3,(H,13,14)/t6-/m0/s1. The summed E-state index contributed by atoms with van der Waals surface area (Å²) >= 11 is 5.78. The molecule has 0 unspecified atom stereocenters. The molecule has 0 saturated carbocycles. The predicted octanol–water partition coefficient (Wildman–Crippen LogP) is 1.13. The minimum absolute atomic E-state index is 0.273. The number of carbonyl (C=O) groups excluding carboxylic acids is 1. The van der Waals surface area contributed by atoms with Crippen LogP contribution in [0, 0.1) is 0 Å². The Morgan fingerprint density at radius 2 is 2.29 bits per heavy atom. The zero-order valence-corrected chi connectivity index (χ0v) is 8.51. The molecular formula is C9H12ClN3O. The number of rotatable bonds is 3. The van der Waals surface area contributed by atoms with E-state index in [9.17, 15) is 4.79 Å². The fourth-order valence-electron chi connectivity index (χ4n) is 1.02. The molecule has 0 aromatic heterocycles. The smallest absolute Gasteiger partial charge is 0.256 e. The number of amides is 1. The predicted molar refractivity (Wildman–Crippen MR) is 56.9 cm³/mol. The van der Waals surface area contributed by atoms with Crippen molar-refractivity contribution in [2.45, 2.75) is 13.0 Å². The van der Waals surface area contributed by atoms with E-state index in [4.69, 9.17) is 17.4 Å². The number of nitrogens with one attached hydrogen (secondary N) is 2. The summed E-state index contributed by atoms with van der Waals surface area (Å²) in [6.45, 7) is 1.71. The maximum absolute atomic E-state index is 11.1.